The number of halogens is 2. The molecule has 4 nitrogen and oxygen atoms in total. The summed E-state index contributed by atoms with van der Waals surface area (Å²) in [4.78, 5) is -0.119. The summed E-state index contributed by atoms with van der Waals surface area (Å²) in [5.74, 6) is 0.451. The molecule has 0 aliphatic carbocycles. The third kappa shape index (κ3) is 4.03. The summed E-state index contributed by atoms with van der Waals surface area (Å²) in [6.07, 6.45) is 0. The molecule has 2 aromatic rings. The maximum absolute atomic E-state index is 12.3. The molecule has 0 bridgehead atoms. The lowest BCUT2D eigenvalue weighted by atomic mass is 10.3. The Labute approximate surface area is 133 Å². The molecule has 21 heavy (non-hydrogen) atoms. The van der Waals surface area contributed by atoms with Crippen LogP contribution in [-0.4, -0.2) is 15.0 Å². The van der Waals surface area contributed by atoms with Gasteiger partial charge >= 0.3 is 10.1 Å². The number of hydrogen-bond donors (Lipinski definition) is 0. The highest BCUT2D eigenvalue weighted by Gasteiger charge is 2.20. The normalized spacial score (nSPS) is 11.2. The average molecular weight is 347 g/mol. The third-order valence-electron chi connectivity index (χ3n) is 2.47. The Morgan fingerprint density at radius 1 is 1.00 bits per heavy atom. The Balaban J connectivity index is 2.37. The zero-order valence-electron chi connectivity index (χ0n) is 11.0. The second-order valence-electron chi connectivity index (χ2n) is 4.02. The Morgan fingerprint density at radius 2 is 1.57 bits per heavy atom. The van der Waals surface area contributed by atoms with Crippen molar-refractivity contribution in [3.63, 3.8) is 0 Å². The summed E-state index contributed by atoms with van der Waals surface area (Å²) in [6.45, 7) is 2.19. The van der Waals surface area contributed by atoms with Crippen molar-refractivity contribution in [3.8, 4) is 11.5 Å². The van der Waals surface area contributed by atoms with Gasteiger partial charge in [0.25, 0.3) is 0 Å². The van der Waals surface area contributed by atoms with Gasteiger partial charge in [-0.3, -0.25) is 0 Å². The zero-order valence-corrected chi connectivity index (χ0v) is 13.4. The Bertz CT molecular complexity index is 724. The van der Waals surface area contributed by atoms with Crippen LogP contribution in [0.3, 0.4) is 0 Å². The lowest BCUT2D eigenvalue weighted by Crippen LogP contribution is -2.10. The largest absolute Gasteiger partial charge is 0.490 e. The van der Waals surface area contributed by atoms with E-state index in [9.17, 15) is 8.42 Å². The standard InChI is InChI=1S/C14H12Cl2O4S/c1-2-19-13-5-3-4-6-14(13)20-21(17,18)12-8-10(15)7-11(16)9-12/h3-9H,2H2,1H3. The lowest BCUT2D eigenvalue weighted by Gasteiger charge is -2.11. The van der Waals surface area contributed by atoms with Crippen molar-refractivity contribution >= 4 is 33.3 Å². The molecule has 112 valence electrons. The van der Waals surface area contributed by atoms with Gasteiger partial charge in [0.2, 0.25) is 0 Å². The second kappa shape index (κ2) is 6.56. The van der Waals surface area contributed by atoms with E-state index in [1.165, 1.54) is 24.3 Å². The Hall–Kier alpha value is -1.43. The molecule has 0 fully saturated rings. The van der Waals surface area contributed by atoms with Crippen molar-refractivity contribution in [1.29, 1.82) is 0 Å². The molecule has 0 spiro atoms. The SMILES string of the molecule is CCOc1ccccc1OS(=O)(=O)c1cc(Cl)cc(Cl)c1. The third-order valence-corrected chi connectivity index (χ3v) is 4.12. The lowest BCUT2D eigenvalue weighted by molar-refractivity contribution is 0.327. The van der Waals surface area contributed by atoms with Gasteiger partial charge < -0.3 is 8.92 Å². The molecule has 0 aromatic heterocycles. The molecule has 2 aromatic carbocycles. The van der Waals surface area contributed by atoms with Gasteiger partial charge in [-0.05, 0) is 37.3 Å². The van der Waals surface area contributed by atoms with Crippen molar-refractivity contribution in [3.05, 3.63) is 52.5 Å². The van der Waals surface area contributed by atoms with E-state index in [1.807, 2.05) is 0 Å². The predicted molar refractivity (Wildman–Crippen MR) is 81.9 cm³/mol. The number of rotatable bonds is 5. The van der Waals surface area contributed by atoms with Crippen molar-refractivity contribution < 1.29 is 17.3 Å². The molecular weight excluding hydrogens is 335 g/mol. The van der Waals surface area contributed by atoms with E-state index in [-0.39, 0.29) is 20.7 Å². The first-order valence-electron chi connectivity index (χ1n) is 6.05. The van der Waals surface area contributed by atoms with Crippen LogP contribution in [0.5, 0.6) is 11.5 Å². The fraction of sp³-hybridized carbons (Fsp3) is 0.143. The first-order valence-corrected chi connectivity index (χ1v) is 8.21. The van der Waals surface area contributed by atoms with Crippen LogP contribution in [0, 0.1) is 0 Å². The molecule has 0 unspecified atom stereocenters. The predicted octanol–water partition coefficient (Wildman–Crippen LogP) is 4.16. The van der Waals surface area contributed by atoms with E-state index in [4.69, 9.17) is 32.1 Å². The highest BCUT2D eigenvalue weighted by atomic mass is 35.5. The second-order valence-corrected chi connectivity index (χ2v) is 6.44. The highest BCUT2D eigenvalue weighted by molar-refractivity contribution is 7.87. The molecule has 0 saturated heterocycles. The summed E-state index contributed by atoms with van der Waals surface area (Å²) in [6, 6.07) is 10.5. The minimum absolute atomic E-state index is 0.107. The summed E-state index contributed by atoms with van der Waals surface area (Å²) in [5.41, 5.74) is 0. The molecule has 0 heterocycles. The van der Waals surface area contributed by atoms with Crippen LogP contribution in [0.1, 0.15) is 6.92 Å². The van der Waals surface area contributed by atoms with E-state index in [0.717, 1.165) is 0 Å². The average Bonchev–Trinajstić information content (AvgIpc) is 2.40. The van der Waals surface area contributed by atoms with Crippen molar-refractivity contribution in [1.82, 2.24) is 0 Å². The number of para-hydroxylation sites is 2. The molecule has 0 amide bonds. The smallest absolute Gasteiger partial charge is 0.339 e. The van der Waals surface area contributed by atoms with Crippen molar-refractivity contribution in [2.24, 2.45) is 0 Å². The van der Waals surface area contributed by atoms with Crippen LogP contribution in [0.2, 0.25) is 10.0 Å². The van der Waals surface area contributed by atoms with Crippen LogP contribution < -0.4 is 8.92 Å². The fourth-order valence-electron chi connectivity index (χ4n) is 1.63. The number of ether oxygens (including phenoxy) is 1. The molecule has 0 N–H and O–H groups in total. The van der Waals surface area contributed by atoms with Crippen molar-refractivity contribution in [2.75, 3.05) is 6.61 Å². The minimum Gasteiger partial charge on any atom is -0.490 e. The summed E-state index contributed by atoms with van der Waals surface area (Å²) in [5, 5.41) is 0.422. The highest BCUT2D eigenvalue weighted by Crippen LogP contribution is 2.31. The summed E-state index contributed by atoms with van der Waals surface area (Å²) < 4.78 is 35.0. The topological polar surface area (TPSA) is 52.6 Å². The summed E-state index contributed by atoms with van der Waals surface area (Å²) in [7, 11) is -4.05. The van der Waals surface area contributed by atoms with Crippen LogP contribution >= 0.6 is 23.2 Å². The maximum Gasteiger partial charge on any atom is 0.339 e. The molecule has 0 aliphatic heterocycles. The molecule has 2 rings (SSSR count). The zero-order chi connectivity index (χ0) is 15.5. The van der Waals surface area contributed by atoms with Crippen LogP contribution in [0.15, 0.2) is 47.4 Å². The monoisotopic (exact) mass is 346 g/mol. The van der Waals surface area contributed by atoms with Gasteiger partial charge in [-0.2, -0.15) is 8.42 Å². The van der Waals surface area contributed by atoms with Crippen LogP contribution in [0.4, 0.5) is 0 Å². The van der Waals surface area contributed by atoms with Gasteiger partial charge in [0.1, 0.15) is 4.90 Å². The number of hydrogen-bond acceptors (Lipinski definition) is 4. The van der Waals surface area contributed by atoms with E-state index >= 15 is 0 Å². The Kier molecular flexibility index (Phi) is 4.98. The first-order chi connectivity index (χ1) is 9.92. The molecule has 0 saturated carbocycles. The molecular formula is C14H12Cl2O4S. The van der Waals surface area contributed by atoms with E-state index < -0.39 is 10.1 Å². The molecule has 0 atom stereocenters. The quantitative estimate of drug-likeness (QED) is 0.762. The van der Waals surface area contributed by atoms with Gasteiger partial charge in [0.15, 0.2) is 11.5 Å². The van der Waals surface area contributed by atoms with Crippen molar-refractivity contribution in [2.45, 2.75) is 11.8 Å². The summed E-state index contributed by atoms with van der Waals surface area (Å²) >= 11 is 11.6. The first kappa shape index (κ1) is 15.9. The van der Waals surface area contributed by atoms with Gasteiger partial charge in [-0.25, -0.2) is 0 Å². The molecule has 0 radical (unpaired) electrons. The van der Waals surface area contributed by atoms with Gasteiger partial charge in [0, 0.05) is 10.0 Å². The van der Waals surface area contributed by atoms with Gasteiger partial charge in [0.05, 0.1) is 6.61 Å². The molecule has 0 aliphatic rings. The number of benzene rings is 2. The minimum atomic E-state index is -4.05. The van der Waals surface area contributed by atoms with Gasteiger partial charge in [-0.15, -0.1) is 0 Å². The van der Waals surface area contributed by atoms with Crippen LogP contribution in [0.25, 0.3) is 0 Å². The molecule has 7 heteroatoms. The van der Waals surface area contributed by atoms with Crippen LogP contribution in [-0.2, 0) is 10.1 Å². The van der Waals surface area contributed by atoms with E-state index in [2.05, 4.69) is 0 Å². The maximum atomic E-state index is 12.3. The van der Waals surface area contributed by atoms with E-state index in [1.54, 1.807) is 25.1 Å². The fourth-order valence-corrected chi connectivity index (χ4v) is 3.30. The Morgan fingerprint density at radius 3 is 2.14 bits per heavy atom. The van der Waals surface area contributed by atoms with E-state index in [0.29, 0.717) is 12.4 Å². The van der Waals surface area contributed by atoms with Gasteiger partial charge in [-0.1, -0.05) is 35.3 Å².